The summed E-state index contributed by atoms with van der Waals surface area (Å²) in [5, 5.41) is 40.2. The molecule has 10 heteroatoms. The van der Waals surface area contributed by atoms with Crippen LogP contribution in [0, 0.1) is 0 Å². The summed E-state index contributed by atoms with van der Waals surface area (Å²) in [5.74, 6) is -0.866. The maximum absolute atomic E-state index is 12.8. The van der Waals surface area contributed by atoms with E-state index >= 15 is 0 Å². The summed E-state index contributed by atoms with van der Waals surface area (Å²) in [7, 11) is 0. The molecule has 0 saturated carbocycles. The highest BCUT2D eigenvalue weighted by molar-refractivity contribution is 5.70. The van der Waals surface area contributed by atoms with Gasteiger partial charge in [-0.25, -0.2) is 0 Å². The first-order chi connectivity index (χ1) is 30.3. The molecule has 0 amide bonds. The number of aliphatic hydroxyl groups is 4. The van der Waals surface area contributed by atoms with Crippen LogP contribution in [0.15, 0.2) is 48.6 Å². The van der Waals surface area contributed by atoms with Gasteiger partial charge in [-0.2, -0.15) is 0 Å². The molecule has 62 heavy (non-hydrogen) atoms. The molecule has 0 radical (unpaired) electrons. The van der Waals surface area contributed by atoms with Gasteiger partial charge in [0.15, 0.2) is 12.4 Å². The minimum atomic E-state index is -1.60. The zero-order chi connectivity index (χ0) is 45.1. The Kier molecular flexibility index (Phi) is 39.6. The molecule has 6 atom stereocenters. The van der Waals surface area contributed by atoms with Crippen LogP contribution in [0.1, 0.15) is 213 Å². The number of hydrogen-bond acceptors (Lipinski definition) is 10. The van der Waals surface area contributed by atoms with E-state index in [4.69, 9.17) is 18.9 Å². The Bertz CT molecular complexity index is 1150. The first-order valence-corrected chi connectivity index (χ1v) is 25.2. The van der Waals surface area contributed by atoms with Gasteiger partial charge in [-0.05, 0) is 51.4 Å². The quantitative estimate of drug-likeness (QED) is 0.0265. The molecule has 10 nitrogen and oxygen atoms in total. The molecule has 0 bridgehead atoms. The summed E-state index contributed by atoms with van der Waals surface area (Å²) >= 11 is 0. The van der Waals surface area contributed by atoms with Gasteiger partial charge in [0, 0.05) is 12.8 Å². The normalized spacial score (nSPS) is 20.0. The van der Waals surface area contributed by atoms with Gasteiger partial charge in [-0.15, -0.1) is 0 Å². The minimum Gasteiger partial charge on any atom is -0.462 e. The lowest BCUT2D eigenvalue weighted by Gasteiger charge is -2.39. The smallest absolute Gasteiger partial charge is 0.306 e. The number of carbonyl (C=O) groups excluding carboxylic acids is 2. The van der Waals surface area contributed by atoms with Gasteiger partial charge in [0.2, 0.25) is 0 Å². The number of ether oxygens (including phenoxy) is 4. The van der Waals surface area contributed by atoms with E-state index in [-0.39, 0.29) is 26.1 Å². The molecule has 0 aromatic rings. The van der Waals surface area contributed by atoms with Crippen LogP contribution in [0.25, 0.3) is 0 Å². The summed E-state index contributed by atoms with van der Waals surface area (Å²) < 4.78 is 22.2. The molecule has 1 aliphatic rings. The lowest BCUT2D eigenvalue weighted by atomic mass is 9.99. The molecule has 2 unspecified atom stereocenters. The van der Waals surface area contributed by atoms with E-state index in [9.17, 15) is 30.0 Å². The van der Waals surface area contributed by atoms with Crippen molar-refractivity contribution in [3.63, 3.8) is 0 Å². The maximum Gasteiger partial charge on any atom is 0.306 e. The number of aliphatic hydroxyl groups excluding tert-OH is 4. The average molecular weight is 877 g/mol. The van der Waals surface area contributed by atoms with Crippen molar-refractivity contribution >= 4 is 11.9 Å². The van der Waals surface area contributed by atoms with Crippen LogP contribution in [-0.4, -0.2) is 89.0 Å². The largest absolute Gasteiger partial charge is 0.462 e. The number of carbonyl (C=O) groups is 2. The van der Waals surface area contributed by atoms with Crippen molar-refractivity contribution in [1.82, 2.24) is 0 Å². The van der Waals surface area contributed by atoms with E-state index in [0.717, 1.165) is 44.9 Å². The third-order valence-electron chi connectivity index (χ3n) is 11.5. The summed E-state index contributed by atoms with van der Waals surface area (Å²) in [4.78, 5) is 25.4. The predicted molar refractivity (Wildman–Crippen MR) is 252 cm³/mol. The average Bonchev–Trinajstić information content (AvgIpc) is 3.27. The number of hydrogen-bond donors (Lipinski definition) is 4. The van der Waals surface area contributed by atoms with Crippen molar-refractivity contribution in [3.05, 3.63) is 48.6 Å². The van der Waals surface area contributed by atoms with Crippen molar-refractivity contribution in [2.24, 2.45) is 0 Å². The Morgan fingerprint density at radius 2 is 0.919 bits per heavy atom. The van der Waals surface area contributed by atoms with Crippen LogP contribution in [0.4, 0.5) is 0 Å². The fraction of sp³-hybridized carbons (Fsp3) is 0.808. The summed E-state index contributed by atoms with van der Waals surface area (Å²) in [6.45, 7) is 3.39. The van der Waals surface area contributed by atoms with Crippen LogP contribution in [0.5, 0.6) is 0 Å². The molecule has 0 aromatic carbocycles. The summed E-state index contributed by atoms with van der Waals surface area (Å²) in [5.41, 5.74) is 0. The molecule has 1 aliphatic heterocycles. The number of rotatable bonds is 42. The Labute approximate surface area is 378 Å². The van der Waals surface area contributed by atoms with Gasteiger partial charge in [0.1, 0.15) is 31.0 Å². The van der Waals surface area contributed by atoms with Crippen molar-refractivity contribution in [3.8, 4) is 0 Å². The zero-order valence-electron chi connectivity index (χ0n) is 39.4. The molecule has 1 heterocycles. The van der Waals surface area contributed by atoms with Crippen LogP contribution in [0.3, 0.4) is 0 Å². The van der Waals surface area contributed by atoms with Gasteiger partial charge in [-0.3, -0.25) is 9.59 Å². The van der Waals surface area contributed by atoms with Crippen molar-refractivity contribution < 1.29 is 49.0 Å². The van der Waals surface area contributed by atoms with Gasteiger partial charge < -0.3 is 39.4 Å². The van der Waals surface area contributed by atoms with E-state index < -0.39 is 55.4 Å². The minimum absolute atomic E-state index is 0.200. The Morgan fingerprint density at radius 1 is 0.500 bits per heavy atom. The summed E-state index contributed by atoms with van der Waals surface area (Å²) in [6.07, 6.45) is 44.1. The topological polar surface area (TPSA) is 152 Å². The van der Waals surface area contributed by atoms with E-state index in [0.29, 0.717) is 12.8 Å². The monoisotopic (exact) mass is 877 g/mol. The fourth-order valence-corrected chi connectivity index (χ4v) is 7.48. The molecule has 0 aliphatic carbocycles. The van der Waals surface area contributed by atoms with E-state index in [1.807, 2.05) is 0 Å². The third-order valence-corrected chi connectivity index (χ3v) is 11.5. The second-order valence-corrected chi connectivity index (χ2v) is 17.3. The molecule has 0 aromatic heterocycles. The van der Waals surface area contributed by atoms with Crippen LogP contribution in [-0.2, 0) is 28.5 Å². The lowest BCUT2D eigenvalue weighted by molar-refractivity contribution is -0.305. The SMILES string of the molecule is CCCCCCCCC/C=C/C/C=C/C/C=C/C/C=C/CCCC(=O)OC[C@@H](CO[C@H]1O[C@@H](CO)[C@@H](O)C(O)C1O)OC(=O)CCCCCCCCCCCCCCCCCC. The predicted octanol–water partition coefficient (Wildman–Crippen LogP) is 11.6. The summed E-state index contributed by atoms with van der Waals surface area (Å²) in [6, 6.07) is 0. The van der Waals surface area contributed by atoms with Crippen LogP contribution < -0.4 is 0 Å². The van der Waals surface area contributed by atoms with Gasteiger partial charge in [-0.1, -0.05) is 197 Å². The van der Waals surface area contributed by atoms with Crippen molar-refractivity contribution in [2.75, 3.05) is 19.8 Å². The van der Waals surface area contributed by atoms with E-state index in [1.165, 1.54) is 128 Å². The van der Waals surface area contributed by atoms with E-state index in [2.05, 4.69) is 62.5 Å². The van der Waals surface area contributed by atoms with Gasteiger partial charge in [0.05, 0.1) is 13.2 Å². The van der Waals surface area contributed by atoms with Crippen molar-refractivity contribution in [1.29, 1.82) is 0 Å². The fourth-order valence-electron chi connectivity index (χ4n) is 7.48. The molecular formula is C52H92O10. The van der Waals surface area contributed by atoms with Crippen molar-refractivity contribution in [2.45, 2.75) is 250 Å². The number of esters is 2. The Balaban J connectivity index is 2.32. The lowest BCUT2D eigenvalue weighted by Crippen LogP contribution is -2.59. The molecular weight excluding hydrogens is 785 g/mol. The standard InChI is InChI=1S/C52H92O10/c1-3-5-7-9-11-13-15-17-19-21-22-23-24-25-27-28-30-32-34-36-38-40-47(54)59-43-45(44-60-52-51(58)50(57)49(56)46(42-53)62-52)61-48(55)41-39-37-35-33-31-29-26-20-18-16-14-12-10-8-6-4-2/h19,21,23-24,27-28,32,34,45-46,49-53,56-58H,3-18,20,22,25-26,29-31,33,35-44H2,1-2H3/b21-19+,24-23+,28-27+,34-32+/t45-,46-,49+,50?,51?,52-/m0/s1. The molecule has 360 valence electrons. The zero-order valence-corrected chi connectivity index (χ0v) is 39.4. The maximum atomic E-state index is 12.8. The molecule has 0 spiro atoms. The Morgan fingerprint density at radius 3 is 1.40 bits per heavy atom. The molecule has 1 saturated heterocycles. The molecule has 1 fully saturated rings. The second kappa shape index (κ2) is 42.6. The third kappa shape index (κ3) is 33.2. The number of unbranched alkanes of at least 4 members (excludes halogenated alkanes) is 23. The van der Waals surface area contributed by atoms with Crippen LogP contribution >= 0.6 is 0 Å². The van der Waals surface area contributed by atoms with Gasteiger partial charge >= 0.3 is 11.9 Å². The first kappa shape index (κ1) is 57.7. The first-order valence-electron chi connectivity index (χ1n) is 25.2. The molecule has 4 N–H and O–H groups in total. The Hall–Kier alpha value is -2.34. The van der Waals surface area contributed by atoms with Gasteiger partial charge in [0.25, 0.3) is 0 Å². The highest BCUT2D eigenvalue weighted by Gasteiger charge is 2.44. The highest BCUT2D eigenvalue weighted by Crippen LogP contribution is 2.23. The van der Waals surface area contributed by atoms with E-state index in [1.54, 1.807) is 0 Å². The van der Waals surface area contributed by atoms with Crippen LogP contribution in [0.2, 0.25) is 0 Å². The highest BCUT2D eigenvalue weighted by atomic mass is 16.7. The molecule has 1 rings (SSSR count). The second-order valence-electron chi connectivity index (χ2n) is 17.3. The number of allylic oxidation sites excluding steroid dienone is 8.